The molecular formula is C23H22N2O3. The second-order valence-electron chi connectivity index (χ2n) is 6.20. The first-order chi connectivity index (χ1) is 13.6. The summed E-state index contributed by atoms with van der Waals surface area (Å²) in [6.45, 7) is 2.04. The third-order valence-electron chi connectivity index (χ3n) is 4.39. The van der Waals surface area contributed by atoms with E-state index in [0.29, 0.717) is 22.6 Å². The van der Waals surface area contributed by atoms with Gasteiger partial charge in [-0.25, -0.2) is 0 Å². The van der Waals surface area contributed by atoms with Crippen LogP contribution in [0, 0.1) is 0 Å². The fraction of sp³-hybridized carbons (Fsp3) is 0.130. The molecule has 0 saturated heterocycles. The van der Waals surface area contributed by atoms with E-state index < -0.39 is 0 Å². The molecule has 5 nitrogen and oxygen atoms in total. The summed E-state index contributed by atoms with van der Waals surface area (Å²) < 4.78 is 5.25. The third kappa shape index (κ3) is 4.38. The minimum atomic E-state index is -0.312. The molecule has 0 aliphatic carbocycles. The number of para-hydroxylation sites is 3. The number of hydrogen-bond donors (Lipinski definition) is 2. The number of carbonyl (C=O) groups is 2. The van der Waals surface area contributed by atoms with E-state index in [-0.39, 0.29) is 11.8 Å². The number of carbonyl (C=O) groups excluding carboxylic acids is 2. The maximum Gasteiger partial charge on any atom is 0.255 e. The van der Waals surface area contributed by atoms with Crippen molar-refractivity contribution in [3.63, 3.8) is 0 Å². The van der Waals surface area contributed by atoms with Crippen molar-refractivity contribution in [2.45, 2.75) is 13.3 Å². The standard InChI is InChI=1S/C23H22N2O3/c1-3-16-9-4-5-12-19(16)24-22(26)17-10-8-11-18(15-17)23(27)25-20-13-6-7-14-21(20)28-2/h4-15H,3H2,1-2H3,(H,24,26)(H,25,27). The fourth-order valence-electron chi connectivity index (χ4n) is 2.89. The van der Waals surface area contributed by atoms with Gasteiger partial charge in [0.05, 0.1) is 12.8 Å². The van der Waals surface area contributed by atoms with Crippen molar-refractivity contribution < 1.29 is 14.3 Å². The second kappa shape index (κ2) is 8.86. The van der Waals surface area contributed by atoms with Gasteiger partial charge in [0.25, 0.3) is 11.8 Å². The molecule has 3 aromatic carbocycles. The molecule has 142 valence electrons. The number of hydrogen-bond acceptors (Lipinski definition) is 3. The van der Waals surface area contributed by atoms with E-state index >= 15 is 0 Å². The van der Waals surface area contributed by atoms with Gasteiger partial charge in [0.2, 0.25) is 0 Å². The topological polar surface area (TPSA) is 67.4 Å². The Balaban J connectivity index is 1.78. The molecule has 0 heterocycles. The zero-order valence-corrected chi connectivity index (χ0v) is 15.9. The van der Waals surface area contributed by atoms with Gasteiger partial charge in [-0.2, -0.15) is 0 Å². The van der Waals surface area contributed by atoms with Crippen molar-refractivity contribution in [1.82, 2.24) is 0 Å². The molecule has 0 fully saturated rings. The van der Waals surface area contributed by atoms with Gasteiger partial charge in [0, 0.05) is 16.8 Å². The lowest BCUT2D eigenvalue weighted by molar-refractivity contribution is 0.102. The van der Waals surface area contributed by atoms with Crippen LogP contribution >= 0.6 is 0 Å². The zero-order valence-electron chi connectivity index (χ0n) is 15.9. The number of amides is 2. The molecule has 0 unspecified atom stereocenters. The number of benzene rings is 3. The monoisotopic (exact) mass is 374 g/mol. The third-order valence-corrected chi connectivity index (χ3v) is 4.39. The highest BCUT2D eigenvalue weighted by Gasteiger charge is 2.13. The first-order valence-electron chi connectivity index (χ1n) is 9.06. The van der Waals surface area contributed by atoms with Crippen LogP contribution in [0.3, 0.4) is 0 Å². The van der Waals surface area contributed by atoms with Crippen LogP contribution in [-0.4, -0.2) is 18.9 Å². The summed E-state index contributed by atoms with van der Waals surface area (Å²) in [5.74, 6) is 0.00173. The summed E-state index contributed by atoms with van der Waals surface area (Å²) >= 11 is 0. The maximum absolute atomic E-state index is 12.7. The van der Waals surface area contributed by atoms with E-state index in [4.69, 9.17) is 4.74 Å². The number of rotatable bonds is 6. The number of aryl methyl sites for hydroxylation is 1. The van der Waals surface area contributed by atoms with Gasteiger partial charge in [-0.05, 0) is 48.4 Å². The van der Waals surface area contributed by atoms with Crippen molar-refractivity contribution in [3.05, 3.63) is 89.5 Å². The Bertz CT molecular complexity index is 922. The van der Waals surface area contributed by atoms with Crippen molar-refractivity contribution >= 4 is 23.2 Å². The molecule has 0 atom stereocenters. The maximum atomic E-state index is 12.7. The predicted molar refractivity (Wildman–Crippen MR) is 111 cm³/mol. The molecule has 0 aromatic heterocycles. The Hall–Kier alpha value is -3.60. The van der Waals surface area contributed by atoms with Crippen LogP contribution in [-0.2, 0) is 6.42 Å². The highest BCUT2D eigenvalue weighted by Crippen LogP contribution is 2.24. The summed E-state index contributed by atoms with van der Waals surface area (Å²) in [6, 6.07) is 21.5. The molecule has 0 aliphatic rings. The normalized spacial score (nSPS) is 10.2. The van der Waals surface area contributed by atoms with Crippen molar-refractivity contribution in [2.75, 3.05) is 17.7 Å². The van der Waals surface area contributed by atoms with Crippen LogP contribution in [0.25, 0.3) is 0 Å². The number of anilines is 2. The van der Waals surface area contributed by atoms with Gasteiger partial charge >= 0.3 is 0 Å². The summed E-state index contributed by atoms with van der Waals surface area (Å²) in [5.41, 5.74) is 3.21. The van der Waals surface area contributed by atoms with Crippen LogP contribution in [0.15, 0.2) is 72.8 Å². The second-order valence-corrected chi connectivity index (χ2v) is 6.20. The van der Waals surface area contributed by atoms with Gasteiger partial charge in [0.1, 0.15) is 5.75 Å². The fourth-order valence-corrected chi connectivity index (χ4v) is 2.89. The lowest BCUT2D eigenvalue weighted by Crippen LogP contribution is -2.16. The molecule has 0 radical (unpaired) electrons. The van der Waals surface area contributed by atoms with Crippen LogP contribution < -0.4 is 15.4 Å². The molecule has 3 rings (SSSR count). The van der Waals surface area contributed by atoms with Crippen LogP contribution in [0.4, 0.5) is 11.4 Å². The Morgan fingerprint density at radius 3 is 2.00 bits per heavy atom. The van der Waals surface area contributed by atoms with Gasteiger partial charge in [0.15, 0.2) is 0 Å². The Morgan fingerprint density at radius 1 is 0.786 bits per heavy atom. The zero-order chi connectivity index (χ0) is 19.9. The Kier molecular flexibility index (Phi) is 6.07. The SMILES string of the molecule is CCc1ccccc1NC(=O)c1cccc(C(=O)Nc2ccccc2OC)c1. The first kappa shape index (κ1) is 19.2. The van der Waals surface area contributed by atoms with E-state index in [1.54, 1.807) is 43.5 Å². The van der Waals surface area contributed by atoms with E-state index in [1.807, 2.05) is 43.3 Å². The summed E-state index contributed by atoms with van der Waals surface area (Å²) in [4.78, 5) is 25.3. The Labute approximate surface area is 164 Å². The van der Waals surface area contributed by atoms with Gasteiger partial charge in [-0.3, -0.25) is 9.59 Å². The molecule has 3 aromatic rings. The lowest BCUT2D eigenvalue weighted by atomic mass is 10.1. The van der Waals surface area contributed by atoms with E-state index in [0.717, 1.165) is 17.7 Å². The lowest BCUT2D eigenvalue weighted by Gasteiger charge is -2.12. The summed E-state index contributed by atoms with van der Waals surface area (Å²) in [7, 11) is 1.55. The molecule has 2 amide bonds. The minimum absolute atomic E-state index is 0.257. The molecule has 0 aliphatic heterocycles. The van der Waals surface area contributed by atoms with Crippen molar-refractivity contribution in [1.29, 1.82) is 0 Å². The first-order valence-corrected chi connectivity index (χ1v) is 9.06. The van der Waals surface area contributed by atoms with E-state index in [2.05, 4.69) is 10.6 Å². The van der Waals surface area contributed by atoms with Crippen molar-refractivity contribution in [2.24, 2.45) is 0 Å². The minimum Gasteiger partial charge on any atom is -0.495 e. The molecule has 0 saturated carbocycles. The average molecular weight is 374 g/mol. The number of nitrogens with one attached hydrogen (secondary N) is 2. The quantitative estimate of drug-likeness (QED) is 0.653. The van der Waals surface area contributed by atoms with E-state index in [1.165, 1.54) is 0 Å². The summed E-state index contributed by atoms with van der Waals surface area (Å²) in [6.07, 6.45) is 0.817. The summed E-state index contributed by atoms with van der Waals surface area (Å²) in [5, 5.41) is 5.74. The number of ether oxygens (including phenoxy) is 1. The van der Waals surface area contributed by atoms with Gasteiger partial charge in [-0.15, -0.1) is 0 Å². The highest BCUT2D eigenvalue weighted by molar-refractivity contribution is 6.09. The van der Waals surface area contributed by atoms with Crippen LogP contribution in [0.5, 0.6) is 5.75 Å². The largest absolute Gasteiger partial charge is 0.495 e. The van der Waals surface area contributed by atoms with Crippen LogP contribution in [0.2, 0.25) is 0 Å². The van der Waals surface area contributed by atoms with E-state index in [9.17, 15) is 9.59 Å². The van der Waals surface area contributed by atoms with Crippen LogP contribution in [0.1, 0.15) is 33.2 Å². The van der Waals surface area contributed by atoms with Gasteiger partial charge < -0.3 is 15.4 Å². The predicted octanol–water partition coefficient (Wildman–Crippen LogP) is 4.76. The molecule has 0 spiro atoms. The molecule has 0 bridgehead atoms. The Morgan fingerprint density at radius 2 is 1.36 bits per heavy atom. The molecule has 5 heteroatoms. The smallest absolute Gasteiger partial charge is 0.255 e. The highest BCUT2D eigenvalue weighted by atomic mass is 16.5. The average Bonchev–Trinajstić information content (AvgIpc) is 2.74. The van der Waals surface area contributed by atoms with Crippen molar-refractivity contribution in [3.8, 4) is 5.75 Å². The molecular weight excluding hydrogens is 352 g/mol. The number of methoxy groups -OCH3 is 1. The van der Waals surface area contributed by atoms with Gasteiger partial charge in [-0.1, -0.05) is 43.3 Å². The molecule has 2 N–H and O–H groups in total. The molecule has 28 heavy (non-hydrogen) atoms.